The van der Waals surface area contributed by atoms with Gasteiger partial charge in [0.25, 0.3) is 0 Å². The van der Waals surface area contributed by atoms with Gasteiger partial charge >= 0.3 is 0 Å². The zero-order valence-electron chi connectivity index (χ0n) is 11.5. The fourth-order valence-corrected chi connectivity index (χ4v) is 2.49. The zero-order chi connectivity index (χ0) is 13.8. The highest BCUT2D eigenvalue weighted by Crippen LogP contribution is 2.15. The van der Waals surface area contributed by atoms with Gasteiger partial charge in [0.05, 0.1) is 4.90 Å². The number of hydrogen-bond donors (Lipinski definition) is 2. The van der Waals surface area contributed by atoms with Gasteiger partial charge in [0, 0.05) is 31.0 Å². The summed E-state index contributed by atoms with van der Waals surface area (Å²) in [5, 5.41) is 3.31. The van der Waals surface area contributed by atoms with Gasteiger partial charge in [-0.15, -0.1) is 0 Å². The largest absolute Gasteiger partial charge is 0.349 e. The van der Waals surface area contributed by atoms with Gasteiger partial charge in [-0.05, 0) is 19.5 Å². The Kier molecular flexibility index (Phi) is 5.37. The number of aryl methyl sites for hydroxylation is 1. The number of sulfonamides is 1. The topological polar surface area (TPSA) is 63.1 Å². The normalized spacial score (nSPS) is 12.3. The Hall–Kier alpha value is -0.850. The number of nitrogens with zero attached hydrogens (tertiary/aromatic N) is 1. The average molecular weight is 273 g/mol. The summed E-state index contributed by atoms with van der Waals surface area (Å²) >= 11 is 0. The molecule has 2 N–H and O–H groups in total. The SMILES string of the molecule is CCCn1cc(S(=O)(=O)NC)cc1CNC(C)C. The van der Waals surface area contributed by atoms with E-state index in [-0.39, 0.29) is 0 Å². The Morgan fingerprint density at radius 1 is 1.39 bits per heavy atom. The molecule has 5 nitrogen and oxygen atoms in total. The average Bonchev–Trinajstić information content (AvgIpc) is 2.71. The summed E-state index contributed by atoms with van der Waals surface area (Å²) in [4.78, 5) is 0.332. The first-order valence-corrected chi connectivity index (χ1v) is 7.75. The van der Waals surface area contributed by atoms with Crippen LogP contribution in [0.4, 0.5) is 0 Å². The molecule has 0 unspecified atom stereocenters. The molecule has 0 spiro atoms. The second kappa shape index (κ2) is 6.36. The van der Waals surface area contributed by atoms with Crippen molar-refractivity contribution in [3.8, 4) is 0 Å². The lowest BCUT2D eigenvalue weighted by molar-refractivity contribution is 0.551. The minimum atomic E-state index is -3.36. The van der Waals surface area contributed by atoms with Gasteiger partial charge in [0.2, 0.25) is 10.0 Å². The second-order valence-corrected chi connectivity index (χ2v) is 6.49. The van der Waals surface area contributed by atoms with Crippen molar-refractivity contribution in [1.29, 1.82) is 0 Å². The Morgan fingerprint density at radius 2 is 2.06 bits per heavy atom. The molecule has 0 bridgehead atoms. The highest BCUT2D eigenvalue weighted by Gasteiger charge is 2.16. The van der Waals surface area contributed by atoms with Gasteiger partial charge < -0.3 is 9.88 Å². The molecule has 0 radical (unpaired) electrons. The van der Waals surface area contributed by atoms with E-state index in [1.807, 2.05) is 4.57 Å². The monoisotopic (exact) mass is 273 g/mol. The molecule has 0 aliphatic rings. The lowest BCUT2D eigenvalue weighted by atomic mass is 10.3. The Bertz CT molecular complexity index is 478. The first-order chi connectivity index (χ1) is 8.40. The van der Waals surface area contributed by atoms with E-state index >= 15 is 0 Å². The van der Waals surface area contributed by atoms with E-state index in [0.717, 1.165) is 18.7 Å². The van der Waals surface area contributed by atoms with E-state index in [4.69, 9.17) is 0 Å². The molecular weight excluding hydrogens is 250 g/mol. The lowest BCUT2D eigenvalue weighted by Crippen LogP contribution is -2.23. The molecule has 0 aliphatic carbocycles. The number of hydrogen-bond acceptors (Lipinski definition) is 3. The molecule has 6 heteroatoms. The van der Waals surface area contributed by atoms with Crippen LogP contribution in [0.3, 0.4) is 0 Å². The fourth-order valence-electron chi connectivity index (χ4n) is 1.70. The summed E-state index contributed by atoms with van der Waals surface area (Å²) in [5.74, 6) is 0. The van der Waals surface area contributed by atoms with Crippen molar-refractivity contribution in [1.82, 2.24) is 14.6 Å². The van der Waals surface area contributed by atoms with Crippen LogP contribution in [0.25, 0.3) is 0 Å². The molecule has 1 rings (SSSR count). The van der Waals surface area contributed by atoms with Crippen molar-refractivity contribution in [2.45, 2.75) is 51.2 Å². The quantitative estimate of drug-likeness (QED) is 0.787. The molecule has 0 amide bonds. The second-order valence-electron chi connectivity index (χ2n) is 4.60. The molecule has 0 saturated carbocycles. The van der Waals surface area contributed by atoms with E-state index in [1.165, 1.54) is 7.05 Å². The molecular formula is C12H23N3O2S. The molecule has 0 atom stereocenters. The van der Waals surface area contributed by atoms with Gasteiger partial charge in [-0.1, -0.05) is 20.8 Å². The Balaban J connectivity index is 3.01. The molecule has 0 aliphatic heterocycles. The van der Waals surface area contributed by atoms with E-state index in [2.05, 4.69) is 30.8 Å². The van der Waals surface area contributed by atoms with E-state index in [1.54, 1.807) is 12.3 Å². The van der Waals surface area contributed by atoms with Crippen LogP contribution in [0.5, 0.6) is 0 Å². The van der Waals surface area contributed by atoms with E-state index in [0.29, 0.717) is 17.5 Å². The molecule has 1 aromatic heterocycles. The van der Waals surface area contributed by atoms with Crippen molar-refractivity contribution in [3.05, 3.63) is 18.0 Å². The third kappa shape index (κ3) is 3.83. The van der Waals surface area contributed by atoms with Crippen molar-refractivity contribution in [3.63, 3.8) is 0 Å². The predicted octanol–water partition coefficient (Wildman–Crippen LogP) is 1.30. The van der Waals surface area contributed by atoms with Crippen LogP contribution in [-0.4, -0.2) is 26.1 Å². The zero-order valence-corrected chi connectivity index (χ0v) is 12.3. The van der Waals surface area contributed by atoms with Gasteiger partial charge in [-0.3, -0.25) is 0 Å². The fraction of sp³-hybridized carbons (Fsp3) is 0.667. The van der Waals surface area contributed by atoms with Crippen molar-refractivity contribution in [2.24, 2.45) is 0 Å². The summed E-state index contributed by atoms with van der Waals surface area (Å²) < 4.78 is 27.9. The predicted molar refractivity (Wildman–Crippen MR) is 72.9 cm³/mol. The summed E-state index contributed by atoms with van der Waals surface area (Å²) in [7, 11) is -1.93. The number of rotatable bonds is 7. The third-order valence-corrected chi connectivity index (χ3v) is 4.08. The van der Waals surface area contributed by atoms with Crippen LogP contribution in [0.15, 0.2) is 17.2 Å². The molecule has 0 saturated heterocycles. The molecule has 0 aromatic carbocycles. The van der Waals surface area contributed by atoms with Crippen molar-refractivity contribution >= 4 is 10.0 Å². The Morgan fingerprint density at radius 3 is 2.56 bits per heavy atom. The highest BCUT2D eigenvalue weighted by atomic mass is 32.2. The van der Waals surface area contributed by atoms with Crippen molar-refractivity contribution in [2.75, 3.05) is 7.05 Å². The van der Waals surface area contributed by atoms with Gasteiger partial charge in [0.1, 0.15) is 0 Å². The van der Waals surface area contributed by atoms with Crippen LogP contribution in [0, 0.1) is 0 Å². The first kappa shape index (κ1) is 15.2. The van der Waals surface area contributed by atoms with Crippen LogP contribution < -0.4 is 10.0 Å². The van der Waals surface area contributed by atoms with Crippen LogP contribution >= 0.6 is 0 Å². The molecule has 18 heavy (non-hydrogen) atoms. The summed E-state index contributed by atoms with van der Waals surface area (Å²) in [6, 6.07) is 2.11. The minimum Gasteiger partial charge on any atom is -0.349 e. The smallest absolute Gasteiger partial charge is 0.241 e. The maximum Gasteiger partial charge on any atom is 0.241 e. The van der Waals surface area contributed by atoms with Crippen LogP contribution in [0.2, 0.25) is 0 Å². The third-order valence-electron chi connectivity index (χ3n) is 2.70. The van der Waals surface area contributed by atoms with Crippen LogP contribution in [0.1, 0.15) is 32.9 Å². The number of nitrogens with one attached hydrogen (secondary N) is 2. The minimum absolute atomic E-state index is 0.332. The molecule has 104 valence electrons. The van der Waals surface area contributed by atoms with E-state index < -0.39 is 10.0 Å². The van der Waals surface area contributed by atoms with Gasteiger partial charge in [-0.25, -0.2) is 13.1 Å². The summed E-state index contributed by atoms with van der Waals surface area (Å²) in [5.41, 5.74) is 0.999. The van der Waals surface area contributed by atoms with Gasteiger partial charge in [0.15, 0.2) is 0 Å². The summed E-state index contributed by atoms with van der Waals surface area (Å²) in [6.45, 7) is 7.72. The number of aromatic nitrogens is 1. The summed E-state index contributed by atoms with van der Waals surface area (Å²) in [6.07, 6.45) is 2.68. The lowest BCUT2D eigenvalue weighted by Gasteiger charge is -2.10. The molecule has 1 aromatic rings. The Labute approximate surface area is 110 Å². The van der Waals surface area contributed by atoms with E-state index in [9.17, 15) is 8.42 Å². The first-order valence-electron chi connectivity index (χ1n) is 6.26. The van der Waals surface area contributed by atoms with Crippen LogP contribution in [-0.2, 0) is 23.1 Å². The van der Waals surface area contributed by atoms with Gasteiger partial charge in [-0.2, -0.15) is 0 Å². The highest BCUT2D eigenvalue weighted by molar-refractivity contribution is 7.89. The maximum atomic E-state index is 11.8. The molecule has 1 heterocycles. The maximum absolute atomic E-state index is 11.8. The molecule has 0 fully saturated rings. The standard InChI is InChI=1S/C12H23N3O2S/c1-5-6-15-9-12(18(16,17)13-4)7-11(15)8-14-10(2)3/h7,9-10,13-14H,5-6,8H2,1-4H3. The van der Waals surface area contributed by atoms with Crippen molar-refractivity contribution < 1.29 is 8.42 Å².